The second-order valence-corrected chi connectivity index (χ2v) is 4.86. The molecule has 108 valence electrons. The molecule has 0 saturated carbocycles. The summed E-state index contributed by atoms with van der Waals surface area (Å²) in [6, 6.07) is 5.91. The number of nitrogens with zero attached hydrogens (tertiary/aromatic N) is 1. The molecule has 2 saturated heterocycles. The molecular formula is C12H13NO7. The van der Waals surface area contributed by atoms with Crippen molar-refractivity contribution in [3.63, 3.8) is 0 Å². The molecule has 0 radical (unpaired) electrons. The van der Waals surface area contributed by atoms with Crippen LogP contribution >= 0.6 is 0 Å². The first-order chi connectivity index (χ1) is 9.50. The van der Waals surface area contributed by atoms with Gasteiger partial charge in [-0.25, -0.2) is 0 Å². The lowest BCUT2D eigenvalue weighted by Crippen LogP contribution is -2.41. The molecule has 20 heavy (non-hydrogen) atoms. The maximum Gasteiger partial charge on any atom is 0.299 e. The lowest BCUT2D eigenvalue weighted by Gasteiger charge is -2.27. The highest BCUT2D eigenvalue weighted by Gasteiger charge is 2.56. The summed E-state index contributed by atoms with van der Waals surface area (Å²) >= 11 is 0. The minimum Gasteiger partial charge on any atom is -0.388 e. The Balaban J connectivity index is 1.90. The second kappa shape index (κ2) is 4.67. The molecule has 3 rings (SSSR count). The van der Waals surface area contributed by atoms with Gasteiger partial charge in [-0.2, -0.15) is 0 Å². The van der Waals surface area contributed by atoms with Crippen LogP contribution in [0.25, 0.3) is 0 Å². The van der Waals surface area contributed by atoms with Crippen LogP contribution < -0.4 is 4.84 Å². The molecule has 8 nitrogen and oxygen atoms in total. The maximum absolute atomic E-state index is 10.7. The van der Waals surface area contributed by atoms with E-state index < -0.39 is 29.0 Å². The Kier molecular flexibility index (Phi) is 3.09. The number of ether oxygens (including phenoxy) is 2. The molecule has 0 aliphatic carbocycles. The molecule has 2 aliphatic heterocycles. The Labute approximate surface area is 113 Å². The normalized spacial score (nSPS) is 35.8. The monoisotopic (exact) mass is 283 g/mol. The van der Waals surface area contributed by atoms with Gasteiger partial charge < -0.3 is 19.7 Å². The Morgan fingerprint density at radius 1 is 1.45 bits per heavy atom. The van der Waals surface area contributed by atoms with E-state index in [1.807, 2.05) is 0 Å². The van der Waals surface area contributed by atoms with Crippen molar-refractivity contribution in [1.29, 1.82) is 0 Å². The van der Waals surface area contributed by atoms with E-state index in [1.165, 1.54) is 18.2 Å². The van der Waals surface area contributed by atoms with Crippen LogP contribution in [0.15, 0.2) is 24.3 Å². The Hall–Kier alpha value is -1.74. The van der Waals surface area contributed by atoms with Crippen LogP contribution in [0.1, 0.15) is 5.56 Å². The van der Waals surface area contributed by atoms with Gasteiger partial charge in [-0.3, -0.25) is 4.84 Å². The van der Waals surface area contributed by atoms with Crippen LogP contribution in [0.2, 0.25) is 0 Å². The van der Waals surface area contributed by atoms with Crippen LogP contribution in [-0.2, 0) is 15.1 Å². The van der Waals surface area contributed by atoms with E-state index in [1.54, 1.807) is 6.07 Å². The van der Waals surface area contributed by atoms with Crippen LogP contribution in [0.4, 0.5) is 0 Å². The van der Waals surface area contributed by atoms with E-state index >= 15 is 0 Å². The molecule has 4 atom stereocenters. The van der Waals surface area contributed by atoms with E-state index in [0.717, 1.165) is 0 Å². The third-order valence-electron chi connectivity index (χ3n) is 3.60. The van der Waals surface area contributed by atoms with E-state index in [0.29, 0.717) is 5.56 Å². The van der Waals surface area contributed by atoms with E-state index in [-0.39, 0.29) is 19.0 Å². The van der Waals surface area contributed by atoms with Crippen LogP contribution in [0.3, 0.4) is 0 Å². The smallest absolute Gasteiger partial charge is 0.299 e. The molecule has 8 heteroatoms. The van der Waals surface area contributed by atoms with Gasteiger partial charge in [0.05, 0.1) is 13.2 Å². The van der Waals surface area contributed by atoms with Crippen molar-refractivity contribution in [2.24, 2.45) is 0 Å². The van der Waals surface area contributed by atoms with E-state index in [4.69, 9.17) is 9.47 Å². The summed E-state index contributed by atoms with van der Waals surface area (Å²) < 4.78 is 10.8. The fourth-order valence-electron chi connectivity index (χ4n) is 2.66. The molecule has 1 aromatic rings. The summed E-state index contributed by atoms with van der Waals surface area (Å²) in [4.78, 5) is 14.7. The van der Waals surface area contributed by atoms with Crippen molar-refractivity contribution in [1.82, 2.24) is 0 Å². The van der Waals surface area contributed by atoms with Crippen molar-refractivity contribution in [3.05, 3.63) is 39.9 Å². The molecule has 2 aliphatic rings. The van der Waals surface area contributed by atoms with Crippen molar-refractivity contribution >= 4 is 0 Å². The second-order valence-electron chi connectivity index (χ2n) is 4.86. The number of aliphatic hydroxyl groups excluding tert-OH is 1. The summed E-state index contributed by atoms with van der Waals surface area (Å²) in [5, 5.41) is 29.8. The standard InChI is InChI=1S/C12H13NO7/c14-9-5-18-11-10(9)19-6-12(11,15)7-2-1-3-8(4-7)20-13(16)17/h1-4,9-11,14-15H,5-6H2/t9-,10-,11+,12+/m1/s1. The highest BCUT2D eigenvalue weighted by molar-refractivity contribution is 5.34. The van der Waals surface area contributed by atoms with Gasteiger partial charge in [0, 0.05) is 0 Å². The zero-order valence-corrected chi connectivity index (χ0v) is 10.3. The van der Waals surface area contributed by atoms with Crippen LogP contribution in [-0.4, -0.2) is 46.8 Å². The molecule has 2 N–H and O–H groups in total. The topological polar surface area (TPSA) is 111 Å². The first-order valence-corrected chi connectivity index (χ1v) is 6.07. The maximum atomic E-state index is 10.7. The molecular weight excluding hydrogens is 270 g/mol. The molecule has 2 fully saturated rings. The molecule has 0 aromatic heterocycles. The lowest BCUT2D eigenvalue weighted by molar-refractivity contribution is -0.711. The van der Waals surface area contributed by atoms with Gasteiger partial charge in [0.2, 0.25) is 0 Å². The van der Waals surface area contributed by atoms with Gasteiger partial charge in [0.1, 0.15) is 29.7 Å². The number of hydrogen-bond donors (Lipinski definition) is 2. The van der Waals surface area contributed by atoms with E-state index in [2.05, 4.69) is 4.84 Å². The minimum atomic E-state index is -1.46. The first kappa shape index (κ1) is 13.3. The average molecular weight is 283 g/mol. The first-order valence-electron chi connectivity index (χ1n) is 6.07. The van der Waals surface area contributed by atoms with Crippen LogP contribution in [0, 0.1) is 10.1 Å². The fraction of sp³-hybridized carbons (Fsp3) is 0.500. The van der Waals surface area contributed by atoms with Crippen LogP contribution in [0.5, 0.6) is 5.75 Å². The Morgan fingerprint density at radius 2 is 2.25 bits per heavy atom. The Bertz CT molecular complexity index is 536. The largest absolute Gasteiger partial charge is 0.388 e. The van der Waals surface area contributed by atoms with E-state index in [9.17, 15) is 20.3 Å². The molecule has 0 unspecified atom stereocenters. The number of benzene rings is 1. The molecule has 1 aromatic carbocycles. The van der Waals surface area contributed by atoms with Gasteiger partial charge in [-0.1, -0.05) is 12.1 Å². The zero-order chi connectivity index (χ0) is 14.3. The predicted octanol–water partition coefficient (Wildman–Crippen LogP) is -0.397. The van der Waals surface area contributed by atoms with Gasteiger partial charge in [0.15, 0.2) is 0 Å². The van der Waals surface area contributed by atoms with Gasteiger partial charge in [0.25, 0.3) is 5.09 Å². The Morgan fingerprint density at radius 3 is 3.00 bits per heavy atom. The van der Waals surface area contributed by atoms with Gasteiger partial charge in [-0.15, -0.1) is 10.1 Å². The van der Waals surface area contributed by atoms with Crippen molar-refractivity contribution in [2.75, 3.05) is 13.2 Å². The van der Waals surface area contributed by atoms with Crippen molar-refractivity contribution < 1.29 is 29.6 Å². The number of rotatable bonds is 3. The fourth-order valence-corrected chi connectivity index (χ4v) is 2.66. The summed E-state index contributed by atoms with van der Waals surface area (Å²) in [6.07, 6.45) is -2.09. The van der Waals surface area contributed by atoms with Crippen molar-refractivity contribution in [2.45, 2.75) is 23.9 Å². The number of hydrogen-bond acceptors (Lipinski definition) is 7. The molecule has 0 amide bonds. The molecule has 2 heterocycles. The highest BCUT2D eigenvalue weighted by atomic mass is 17.0. The molecule has 0 spiro atoms. The summed E-state index contributed by atoms with van der Waals surface area (Å²) in [7, 11) is 0. The third-order valence-corrected chi connectivity index (χ3v) is 3.60. The zero-order valence-electron chi connectivity index (χ0n) is 10.3. The third kappa shape index (κ3) is 2.02. The van der Waals surface area contributed by atoms with Crippen molar-refractivity contribution in [3.8, 4) is 5.75 Å². The average Bonchev–Trinajstić information content (AvgIpc) is 2.93. The summed E-state index contributed by atoms with van der Waals surface area (Å²) in [5.74, 6) is 0.00270. The lowest BCUT2D eigenvalue weighted by atomic mass is 9.88. The minimum absolute atomic E-state index is 0.00270. The number of aliphatic hydroxyl groups is 2. The predicted molar refractivity (Wildman–Crippen MR) is 63.4 cm³/mol. The van der Waals surface area contributed by atoms with Gasteiger partial charge in [-0.05, 0) is 17.7 Å². The number of fused-ring (bicyclic) bond motifs is 1. The quantitative estimate of drug-likeness (QED) is 0.573. The summed E-state index contributed by atoms with van der Waals surface area (Å²) in [5.41, 5.74) is -1.07. The van der Waals surface area contributed by atoms with Gasteiger partial charge >= 0.3 is 0 Å². The highest BCUT2D eigenvalue weighted by Crippen LogP contribution is 2.41. The summed E-state index contributed by atoms with van der Waals surface area (Å²) in [6.45, 7) is 0.0318. The SMILES string of the molecule is O=[N+]([O-])Oc1cccc([C@@]2(O)CO[C@@H]3[C@H](O)CO[C@@H]32)c1. The molecule has 0 bridgehead atoms.